The van der Waals surface area contributed by atoms with Crippen LogP contribution in [0, 0.1) is 0 Å². The Morgan fingerprint density at radius 3 is 2.71 bits per heavy atom. The lowest BCUT2D eigenvalue weighted by molar-refractivity contribution is 0.247. The summed E-state index contributed by atoms with van der Waals surface area (Å²) in [6, 6.07) is 15.0. The van der Waals surface area contributed by atoms with Crippen LogP contribution in [0.5, 0.6) is 0 Å². The largest absolute Gasteiger partial charge is 0.341 e. The van der Waals surface area contributed by atoms with Gasteiger partial charge in [-0.05, 0) is 30.7 Å². The Bertz CT molecular complexity index is 850. The molecule has 2 aromatic carbocycles. The average molecular weight is 279 g/mol. The van der Waals surface area contributed by atoms with E-state index in [0.717, 1.165) is 12.1 Å². The maximum absolute atomic E-state index is 11.3. The molecule has 1 fully saturated rings. The van der Waals surface area contributed by atoms with Crippen molar-refractivity contribution in [3.05, 3.63) is 48.0 Å². The molecule has 2 amide bonds. The van der Waals surface area contributed by atoms with Crippen molar-refractivity contribution in [3.63, 3.8) is 0 Å². The predicted molar refractivity (Wildman–Crippen MR) is 84.4 cm³/mol. The van der Waals surface area contributed by atoms with Crippen molar-refractivity contribution < 1.29 is 4.79 Å². The maximum atomic E-state index is 11.3. The van der Waals surface area contributed by atoms with E-state index in [1.807, 2.05) is 0 Å². The lowest BCUT2D eigenvalue weighted by Gasteiger charge is -2.09. The zero-order valence-electron chi connectivity index (χ0n) is 11.9. The van der Waals surface area contributed by atoms with E-state index in [9.17, 15) is 4.79 Å². The predicted octanol–water partition coefficient (Wildman–Crippen LogP) is 3.17. The zero-order valence-corrected chi connectivity index (χ0v) is 11.9. The standard InChI is InChI=1S/C17H17N3O/c1-2-20-15-6-4-3-5-12(15)13-9-11(7-8-16(13)20)14-10-18-17(21)19-14/h3-9,14H,2,10H2,1H3,(H2,18,19,21)/t14-/m1/s1. The second kappa shape index (κ2) is 4.52. The highest BCUT2D eigenvalue weighted by atomic mass is 16.2. The van der Waals surface area contributed by atoms with E-state index in [-0.39, 0.29) is 12.1 Å². The molecule has 2 N–H and O–H groups in total. The molecule has 1 aliphatic rings. The normalized spacial score (nSPS) is 18.1. The molecule has 4 nitrogen and oxygen atoms in total. The molecule has 21 heavy (non-hydrogen) atoms. The van der Waals surface area contributed by atoms with Gasteiger partial charge in [0.05, 0.1) is 6.04 Å². The summed E-state index contributed by atoms with van der Waals surface area (Å²) in [5.41, 5.74) is 3.67. The van der Waals surface area contributed by atoms with E-state index in [0.29, 0.717) is 6.54 Å². The number of para-hydroxylation sites is 1. The first kappa shape index (κ1) is 12.3. The molecule has 4 heteroatoms. The summed E-state index contributed by atoms with van der Waals surface area (Å²) in [7, 11) is 0. The third-order valence-corrected chi connectivity index (χ3v) is 4.29. The van der Waals surface area contributed by atoms with E-state index >= 15 is 0 Å². The lowest BCUT2D eigenvalue weighted by atomic mass is 10.0. The van der Waals surface area contributed by atoms with Crippen molar-refractivity contribution in [2.45, 2.75) is 19.5 Å². The number of carbonyl (C=O) groups is 1. The minimum atomic E-state index is -0.0870. The van der Waals surface area contributed by atoms with Crippen molar-refractivity contribution in [2.75, 3.05) is 6.54 Å². The van der Waals surface area contributed by atoms with Crippen molar-refractivity contribution in [1.82, 2.24) is 15.2 Å². The molecule has 1 saturated heterocycles. The van der Waals surface area contributed by atoms with Crippen LogP contribution in [0.15, 0.2) is 42.5 Å². The number of hydrogen-bond donors (Lipinski definition) is 2. The van der Waals surface area contributed by atoms with Crippen LogP contribution >= 0.6 is 0 Å². The zero-order chi connectivity index (χ0) is 14.4. The minimum absolute atomic E-state index is 0.0608. The quantitative estimate of drug-likeness (QED) is 0.743. The fourth-order valence-electron chi connectivity index (χ4n) is 3.28. The Kier molecular flexibility index (Phi) is 2.64. The van der Waals surface area contributed by atoms with E-state index in [1.165, 1.54) is 21.8 Å². The number of fused-ring (bicyclic) bond motifs is 3. The molecule has 3 aromatic rings. The molecule has 0 saturated carbocycles. The second-order valence-corrected chi connectivity index (χ2v) is 5.44. The lowest BCUT2D eigenvalue weighted by Crippen LogP contribution is -2.21. The van der Waals surface area contributed by atoms with E-state index in [2.05, 4.69) is 64.6 Å². The summed E-state index contributed by atoms with van der Waals surface area (Å²) < 4.78 is 2.33. The summed E-state index contributed by atoms with van der Waals surface area (Å²) in [6.07, 6.45) is 0. The molecular weight excluding hydrogens is 262 g/mol. The van der Waals surface area contributed by atoms with Crippen LogP contribution in [-0.4, -0.2) is 17.1 Å². The van der Waals surface area contributed by atoms with Gasteiger partial charge in [0.2, 0.25) is 0 Å². The van der Waals surface area contributed by atoms with Gasteiger partial charge in [0.15, 0.2) is 0 Å². The molecule has 106 valence electrons. The first-order valence-electron chi connectivity index (χ1n) is 7.33. The van der Waals surface area contributed by atoms with Crippen LogP contribution in [0.1, 0.15) is 18.5 Å². The number of rotatable bonds is 2. The maximum Gasteiger partial charge on any atom is 0.315 e. The molecule has 0 unspecified atom stereocenters. The highest BCUT2D eigenvalue weighted by Gasteiger charge is 2.22. The summed E-state index contributed by atoms with van der Waals surface area (Å²) in [5, 5.41) is 8.29. The number of hydrogen-bond acceptors (Lipinski definition) is 1. The van der Waals surface area contributed by atoms with Crippen LogP contribution in [0.3, 0.4) is 0 Å². The summed E-state index contributed by atoms with van der Waals surface area (Å²) in [6.45, 7) is 3.77. The molecule has 1 aliphatic heterocycles. The van der Waals surface area contributed by atoms with Crippen LogP contribution < -0.4 is 10.6 Å². The highest BCUT2D eigenvalue weighted by Crippen LogP contribution is 2.31. The van der Waals surface area contributed by atoms with Gasteiger partial charge in [0, 0.05) is 34.9 Å². The molecule has 0 aliphatic carbocycles. The van der Waals surface area contributed by atoms with Gasteiger partial charge in [-0.15, -0.1) is 0 Å². The molecule has 0 bridgehead atoms. The fourth-order valence-corrected chi connectivity index (χ4v) is 3.28. The molecule has 1 aromatic heterocycles. The topological polar surface area (TPSA) is 46.1 Å². The number of aryl methyl sites for hydroxylation is 1. The number of benzene rings is 2. The molecule has 1 atom stereocenters. The number of aromatic nitrogens is 1. The van der Waals surface area contributed by atoms with E-state index in [4.69, 9.17) is 0 Å². The molecule has 0 radical (unpaired) electrons. The highest BCUT2D eigenvalue weighted by molar-refractivity contribution is 6.08. The fraction of sp³-hybridized carbons (Fsp3) is 0.235. The third kappa shape index (κ3) is 1.79. The number of carbonyl (C=O) groups excluding carboxylic acids is 1. The number of nitrogens with one attached hydrogen (secondary N) is 2. The van der Waals surface area contributed by atoms with Gasteiger partial charge < -0.3 is 15.2 Å². The minimum Gasteiger partial charge on any atom is -0.341 e. The van der Waals surface area contributed by atoms with Crippen LogP contribution in [0.25, 0.3) is 21.8 Å². The Hall–Kier alpha value is -2.49. The summed E-state index contributed by atoms with van der Waals surface area (Å²) >= 11 is 0. The van der Waals surface area contributed by atoms with Gasteiger partial charge >= 0.3 is 6.03 Å². The summed E-state index contributed by atoms with van der Waals surface area (Å²) in [4.78, 5) is 11.3. The molecule has 0 spiro atoms. The SMILES string of the molecule is CCn1c2ccccc2c2cc([C@H]3CNC(=O)N3)ccc21. The monoisotopic (exact) mass is 279 g/mol. The average Bonchev–Trinajstić information content (AvgIpc) is 3.08. The Balaban J connectivity index is 1.95. The van der Waals surface area contributed by atoms with E-state index < -0.39 is 0 Å². The van der Waals surface area contributed by atoms with Gasteiger partial charge in [0.25, 0.3) is 0 Å². The summed E-state index contributed by atoms with van der Waals surface area (Å²) in [5.74, 6) is 0. The van der Waals surface area contributed by atoms with Gasteiger partial charge in [-0.2, -0.15) is 0 Å². The Morgan fingerprint density at radius 2 is 1.95 bits per heavy atom. The van der Waals surface area contributed by atoms with Crippen LogP contribution in [0.2, 0.25) is 0 Å². The van der Waals surface area contributed by atoms with Crippen molar-refractivity contribution in [2.24, 2.45) is 0 Å². The Labute approximate surface area is 122 Å². The molecule has 4 rings (SSSR count). The van der Waals surface area contributed by atoms with Crippen LogP contribution in [-0.2, 0) is 6.54 Å². The van der Waals surface area contributed by atoms with Crippen molar-refractivity contribution in [1.29, 1.82) is 0 Å². The van der Waals surface area contributed by atoms with Gasteiger partial charge in [-0.3, -0.25) is 0 Å². The first-order valence-corrected chi connectivity index (χ1v) is 7.33. The molecule has 2 heterocycles. The number of amides is 2. The number of nitrogens with zero attached hydrogens (tertiary/aromatic N) is 1. The van der Waals surface area contributed by atoms with Crippen molar-refractivity contribution >= 4 is 27.8 Å². The van der Waals surface area contributed by atoms with E-state index in [1.54, 1.807) is 0 Å². The third-order valence-electron chi connectivity index (χ3n) is 4.29. The first-order chi connectivity index (χ1) is 10.3. The van der Waals surface area contributed by atoms with Gasteiger partial charge in [-0.1, -0.05) is 24.3 Å². The molecular formula is C17H17N3O. The van der Waals surface area contributed by atoms with Gasteiger partial charge in [0.1, 0.15) is 0 Å². The Morgan fingerprint density at radius 1 is 1.14 bits per heavy atom. The van der Waals surface area contributed by atoms with Crippen LogP contribution in [0.4, 0.5) is 4.79 Å². The number of urea groups is 1. The second-order valence-electron chi connectivity index (χ2n) is 5.44. The van der Waals surface area contributed by atoms with Crippen molar-refractivity contribution in [3.8, 4) is 0 Å². The van der Waals surface area contributed by atoms with Gasteiger partial charge in [-0.25, -0.2) is 4.79 Å². The smallest absolute Gasteiger partial charge is 0.315 e.